The summed E-state index contributed by atoms with van der Waals surface area (Å²) in [7, 11) is 0. The number of amides is 1. The van der Waals surface area contributed by atoms with E-state index in [1.165, 1.54) is 6.20 Å². The van der Waals surface area contributed by atoms with E-state index in [1.54, 1.807) is 55.6 Å². The minimum Gasteiger partial charge on any atom is -0.464 e. The number of esters is 1. The monoisotopic (exact) mass is 314 g/mol. The number of hydrogen-bond donors (Lipinski definition) is 2. The number of pyridine rings is 1. The molecule has 2 aromatic rings. The first-order valence-electron chi connectivity index (χ1n) is 7.24. The maximum absolute atomic E-state index is 12.2. The van der Waals surface area contributed by atoms with Gasteiger partial charge >= 0.3 is 5.97 Å². The Labute approximate surface area is 134 Å². The SMILES string of the molecule is CCOC(=O)[C@@H](NC(=O)c1cccnc1)[C@H](O)c1ccccc1. The Hall–Kier alpha value is -2.73. The van der Waals surface area contributed by atoms with Crippen LogP contribution in [0.25, 0.3) is 0 Å². The number of aromatic nitrogens is 1. The second-order valence-corrected chi connectivity index (χ2v) is 4.80. The van der Waals surface area contributed by atoms with Gasteiger partial charge in [-0.3, -0.25) is 9.78 Å². The van der Waals surface area contributed by atoms with Crippen LogP contribution in [0, 0.1) is 0 Å². The van der Waals surface area contributed by atoms with Gasteiger partial charge in [-0.25, -0.2) is 4.79 Å². The molecule has 1 aromatic heterocycles. The molecule has 0 aliphatic heterocycles. The fraction of sp³-hybridized carbons (Fsp3) is 0.235. The van der Waals surface area contributed by atoms with Crippen LogP contribution in [0.2, 0.25) is 0 Å². The predicted octanol–water partition coefficient (Wildman–Crippen LogP) is 1.48. The first kappa shape index (κ1) is 16.6. The Morgan fingerprint density at radius 3 is 2.57 bits per heavy atom. The third kappa shape index (κ3) is 4.37. The number of aliphatic hydroxyl groups is 1. The summed E-state index contributed by atoms with van der Waals surface area (Å²) in [6.07, 6.45) is 1.71. The highest BCUT2D eigenvalue weighted by Crippen LogP contribution is 2.18. The molecule has 0 saturated carbocycles. The summed E-state index contributed by atoms with van der Waals surface area (Å²) in [5.41, 5.74) is 0.805. The summed E-state index contributed by atoms with van der Waals surface area (Å²) in [5.74, 6) is -1.20. The molecule has 0 aliphatic carbocycles. The highest BCUT2D eigenvalue weighted by atomic mass is 16.5. The van der Waals surface area contributed by atoms with Gasteiger partial charge in [0.2, 0.25) is 0 Å². The van der Waals surface area contributed by atoms with E-state index in [4.69, 9.17) is 4.74 Å². The van der Waals surface area contributed by atoms with Crippen molar-refractivity contribution in [2.75, 3.05) is 6.61 Å². The molecule has 1 aromatic carbocycles. The molecule has 0 fully saturated rings. The topological polar surface area (TPSA) is 88.5 Å². The molecule has 0 saturated heterocycles. The summed E-state index contributed by atoms with van der Waals surface area (Å²) in [6, 6.07) is 10.6. The van der Waals surface area contributed by atoms with E-state index in [1.807, 2.05) is 0 Å². The van der Waals surface area contributed by atoms with Crippen molar-refractivity contribution < 1.29 is 19.4 Å². The van der Waals surface area contributed by atoms with Crippen LogP contribution in [0.5, 0.6) is 0 Å². The molecule has 0 spiro atoms. The molecule has 0 radical (unpaired) electrons. The van der Waals surface area contributed by atoms with Crippen LogP contribution < -0.4 is 5.32 Å². The van der Waals surface area contributed by atoms with E-state index in [0.717, 1.165) is 0 Å². The van der Waals surface area contributed by atoms with Gasteiger partial charge in [0.25, 0.3) is 5.91 Å². The van der Waals surface area contributed by atoms with Crippen LogP contribution >= 0.6 is 0 Å². The van der Waals surface area contributed by atoms with Crippen molar-refractivity contribution in [1.29, 1.82) is 0 Å². The average molecular weight is 314 g/mol. The number of benzene rings is 1. The van der Waals surface area contributed by atoms with Crippen molar-refractivity contribution in [3.05, 3.63) is 66.0 Å². The van der Waals surface area contributed by atoms with Gasteiger partial charge in [-0.15, -0.1) is 0 Å². The zero-order valence-corrected chi connectivity index (χ0v) is 12.7. The standard InChI is InChI=1S/C17H18N2O4/c1-2-23-17(22)14(15(20)12-7-4-3-5-8-12)19-16(21)13-9-6-10-18-11-13/h3-11,14-15,20H,2H2,1H3,(H,19,21)/t14-,15+/m0/s1. The molecule has 120 valence electrons. The molecule has 6 heteroatoms. The van der Waals surface area contributed by atoms with Gasteiger partial charge in [-0.05, 0) is 24.6 Å². The first-order chi connectivity index (χ1) is 11.1. The third-order valence-corrected chi connectivity index (χ3v) is 3.21. The molecule has 1 heterocycles. The van der Waals surface area contributed by atoms with Crippen molar-refractivity contribution in [3.8, 4) is 0 Å². The van der Waals surface area contributed by atoms with E-state index in [-0.39, 0.29) is 6.61 Å². The Bertz CT molecular complexity index is 646. The lowest BCUT2D eigenvalue weighted by Gasteiger charge is -2.22. The van der Waals surface area contributed by atoms with E-state index in [9.17, 15) is 14.7 Å². The predicted molar refractivity (Wildman–Crippen MR) is 83.5 cm³/mol. The molecule has 6 nitrogen and oxygen atoms in total. The highest BCUT2D eigenvalue weighted by molar-refractivity contribution is 5.96. The Kier molecular flexibility index (Phi) is 5.82. The molecule has 2 rings (SSSR count). The second-order valence-electron chi connectivity index (χ2n) is 4.80. The van der Waals surface area contributed by atoms with Crippen LogP contribution in [-0.2, 0) is 9.53 Å². The van der Waals surface area contributed by atoms with Crippen LogP contribution in [0.1, 0.15) is 28.9 Å². The molecule has 0 unspecified atom stereocenters. The summed E-state index contributed by atoms with van der Waals surface area (Å²) >= 11 is 0. The summed E-state index contributed by atoms with van der Waals surface area (Å²) in [4.78, 5) is 28.2. The number of ether oxygens (including phenoxy) is 1. The number of carbonyl (C=O) groups is 2. The van der Waals surface area contributed by atoms with E-state index in [0.29, 0.717) is 11.1 Å². The minimum atomic E-state index is -1.21. The van der Waals surface area contributed by atoms with E-state index in [2.05, 4.69) is 10.3 Å². The number of nitrogens with one attached hydrogen (secondary N) is 1. The molecule has 2 N–H and O–H groups in total. The Balaban J connectivity index is 2.21. The zero-order valence-electron chi connectivity index (χ0n) is 12.7. The van der Waals surface area contributed by atoms with E-state index < -0.39 is 24.0 Å². The lowest BCUT2D eigenvalue weighted by Crippen LogP contribution is -2.46. The maximum Gasteiger partial charge on any atom is 0.331 e. The molecule has 23 heavy (non-hydrogen) atoms. The van der Waals surface area contributed by atoms with Crippen molar-refractivity contribution in [2.45, 2.75) is 19.1 Å². The molecule has 1 amide bonds. The zero-order chi connectivity index (χ0) is 16.7. The molecular weight excluding hydrogens is 296 g/mol. The minimum absolute atomic E-state index is 0.152. The van der Waals surface area contributed by atoms with Gasteiger partial charge in [0.15, 0.2) is 6.04 Å². The summed E-state index contributed by atoms with van der Waals surface area (Å²) in [5, 5.41) is 13.0. The Morgan fingerprint density at radius 1 is 1.22 bits per heavy atom. The number of rotatable bonds is 6. The van der Waals surface area contributed by atoms with Crippen LogP contribution in [-0.4, -0.2) is 34.6 Å². The van der Waals surface area contributed by atoms with Crippen molar-refractivity contribution >= 4 is 11.9 Å². The van der Waals surface area contributed by atoms with Gasteiger partial charge in [-0.1, -0.05) is 30.3 Å². The quantitative estimate of drug-likeness (QED) is 0.788. The lowest BCUT2D eigenvalue weighted by molar-refractivity contribution is -0.148. The fourth-order valence-electron chi connectivity index (χ4n) is 2.06. The average Bonchev–Trinajstić information content (AvgIpc) is 2.60. The third-order valence-electron chi connectivity index (χ3n) is 3.21. The van der Waals surface area contributed by atoms with Crippen LogP contribution in [0.15, 0.2) is 54.9 Å². The number of carbonyl (C=O) groups excluding carboxylic acids is 2. The molecule has 2 atom stereocenters. The normalized spacial score (nSPS) is 13.0. The van der Waals surface area contributed by atoms with Crippen molar-refractivity contribution in [2.24, 2.45) is 0 Å². The highest BCUT2D eigenvalue weighted by Gasteiger charge is 2.31. The number of nitrogens with zero attached hydrogens (tertiary/aromatic N) is 1. The second kappa shape index (κ2) is 8.05. The largest absolute Gasteiger partial charge is 0.464 e. The molecule has 0 bridgehead atoms. The van der Waals surface area contributed by atoms with Crippen molar-refractivity contribution in [1.82, 2.24) is 10.3 Å². The lowest BCUT2D eigenvalue weighted by atomic mass is 10.0. The van der Waals surface area contributed by atoms with Gasteiger partial charge in [0.05, 0.1) is 12.2 Å². The van der Waals surface area contributed by atoms with Crippen LogP contribution in [0.3, 0.4) is 0 Å². The first-order valence-corrected chi connectivity index (χ1v) is 7.24. The maximum atomic E-state index is 12.2. The number of hydrogen-bond acceptors (Lipinski definition) is 5. The van der Waals surface area contributed by atoms with Gasteiger partial charge < -0.3 is 15.2 Å². The van der Waals surface area contributed by atoms with Crippen molar-refractivity contribution in [3.63, 3.8) is 0 Å². The summed E-state index contributed by atoms with van der Waals surface area (Å²) in [6.45, 7) is 1.81. The van der Waals surface area contributed by atoms with Gasteiger partial charge in [0.1, 0.15) is 6.10 Å². The van der Waals surface area contributed by atoms with Crippen LogP contribution in [0.4, 0.5) is 0 Å². The fourth-order valence-corrected chi connectivity index (χ4v) is 2.06. The van der Waals surface area contributed by atoms with Gasteiger partial charge in [-0.2, -0.15) is 0 Å². The smallest absolute Gasteiger partial charge is 0.331 e. The van der Waals surface area contributed by atoms with Gasteiger partial charge in [0, 0.05) is 12.4 Å². The summed E-state index contributed by atoms with van der Waals surface area (Å²) < 4.78 is 4.95. The van der Waals surface area contributed by atoms with E-state index >= 15 is 0 Å². The number of aliphatic hydroxyl groups excluding tert-OH is 1. The molecule has 0 aliphatic rings. The molecular formula is C17H18N2O4. The Morgan fingerprint density at radius 2 is 1.96 bits per heavy atom.